The molecule has 0 unspecified atom stereocenters. The minimum Gasteiger partial charge on any atom is -0.493 e. The molecule has 0 atom stereocenters. The maximum atomic E-state index is 5.85. The van der Waals surface area contributed by atoms with E-state index in [2.05, 4.69) is 4.98 Å². The zero-order chi connectivity index (χ0) is 11.2. The summed E-state index contributed by atoms with van der Waals surface area (Å²) in [5, 5.41) is 0.696. The molecule has 0 aliphatic heterocycles. The van der Waals surface area contributed by atoms with Crippen LogP contribution in [0.5, 0.6) is 5.75 Å². The number of rotatable bonds is 4. The van der Waals surface area contributed by atoms with Crippen LogP contribution in [0.1, 0.15) is 5.56 Å². The number of hydrogen-bond acceptors (Lipinski definition) is 2. The molecule has 0 bridgehead atoms. The molecule has 1 heterocycles. The van der Waals surface area contributed by atoms with Crippen molar-refractivity contribution in [2.24, 2.45) is 0 Å². The van der Waals surface area contributed by atoms with Crippen LogP contribution in [-0.2, 0) is 6.42 Å². The maximum absolute atomic E-state index is 5.85. The van der Waals surface area contributed by atoms with Crippen molar-refractivity contribution in [3.8, 4) is 5.75 Å². The van der Waals surface area contributed by atoms with Crippen LogP contribution < -0.4 is 4.74 Å². The van der Waals surface area contributed by atoms with Gasteiger partial charge in [-0.1, -0.05) is 17.7 Å². The lowest BCUT2D eigenvalue weighted by atomic mass is 10.2. The molecule has 0 aliphatic carbocycles. The molecule has 16 heavy (non-hydrogen) atoms. The van der Waals surface area contributed by atoms with Gasteiger partial charge in [-0.2, -0.15) is 0 Å². The molecule has 0 amide bonds. The van der Waals surface area contributed by atoms with Gasteiger partial charge in [-0.3, -0.25) is 4.98 Å². The van der Waals surface area contributed by atoms with Gasteiger partial charge in [0.25, 0.3) is 0 Å². The Morgan fingerprint density at radius 2 is 1.94 bits per heavy atom. The molecule has 0 saturated carbocycles. The van der Waals surface area contributed by atoms with Crippen molar-refractivity contribution < 1.29 is 4.74 Å². The molecule has 2 aromatic rings. The lowest BCUT2D eigenvalue weighted by Crippen LogP contribution is -2.01. The Kier molecular flexibility index (Phi) is 3.78. The van der Waals surface area contributed by atoms with Crippen LogP contribution in [-0.4, -0.2) is 11.6 Å². The van der Waals surface area contributed by atoms with E-state index in [0.29, 0.717) is 11.6 Å². The molecule has 2 rings (SSSR count). The fourth-order valence-electron chi connectivity index (χ4n) is 1.39. The molecule has 3 heteroatoms. The number of aromatic nitrogens is 1. The third kappa shape index (κ3) is 3.24. The van der Waals surface area contributed by atoms with Gasteiger partial charge in [-0.15, -0.1) is 0 Å². The zero-order valence-corrected chi connectivity index (χ0v) is 9.52. The number of benzene rings is 1. The minimum atomic E-state index is 0.643. The summed E-state index contributed by atoms with van der Waals surface area (Å²) in [6.07, 6.45) is 4.44. The summed E-state index contributed by atoms with van der Waals surface area (Å²) in [6, 6.07) is 11.4. The van der Waals surface area contributed by atoms with Gasteiger partial charge in [-0.25, -0.2) is 0 Å². The average Bonchev–Trinajstić information content (AvgIpc) is 2.30. The Hall–Kier alpha value is -1.54. The van der Waals surface area contributed by atoms with Crippen LogP contribution in [0, 0.1) is 0 Å². The Balaban J connectivity index is 1.85. The SMILES string of the molecule is Clc1cccc(OCCc2ccncc2)c1. The van der Waals surface area contributed by atoms with Gasteiger partial charge in [0, 0.05) is 23.8 Å². The van der Waals surface area contributed by atoms with E-state index in [-0.39, 0.29) is 0 Å². The molecule has 1 aromatic heterocycles. The molecule has 0 spiro atoms. The van der Waals surface area contributed by atoms with Crippen LogP contribution in [0.4, 0.5) is 0 Å². The van der Waals surface area contributed by atoms with Gasteiger partial charge < -0.3 is 4.74 Å². The number of nitrogens with zero attached hydrogens (tertiary/aromatic N) is 1. The highest BCUT2D eigenvalue weighted by Gasteiger charge is 1.96. The lowest BCUT2D eigenvalue weighted by molar-refractivity contribution is 0.322. The van der Waals surface area contributed by atoms with Gasteiger partial charge in [0.1, 0.15) is 5.75 Å². The highest BCUT2D eigenvalue weighted by atomic mass is 35.5. The molecule has 1 aromatic carbocycles. The van der Waals surface area contributed by atoms with Crippen molar-refractivity contribution in [1.82, 2.24) is 4.98 Å². The zero-order valence-electron chi connectivity index (χ0n) is 8.77. The van der Waals surface area contributed by atoms with Crippen molar-refractivity contribution in [3.63, 3.8) is 0 Å². The molecule has 2 nitrogen and oxygen atoms in total. The fourth-order valence-corrected chi connectivity index (χ4v) is 1.57. The van der Waals surface area contributed by atoms with Crippen LogP contribution in [0.15, 0.2) is 48.8 Å². The summed E-state index contributed by atoms with van der Waals surface area (Å²) in [7, 11) is 0. The van der Waals surface area contributed by atoms with Crippen molar-refractivity contribution in [2.75, 3.05) is 6.61 Å². The first-order valence-electron chi connectivity index (χ1n) is 5.12. The van der Waals surface area contributed by atoms with E-state index in [1.54, 1.807) is 12.4 Å². The molecular formula is C13H12ClNO. The molecule has 0 aliphatic rings. The molecular weight excluding hydrogens is 222 g/mol. The highest BCUT2D eigenvalue weighted by molar-refractivity contribution is 6.30. The highest BCUT2D eigenvalue weighted by Crippen LogP contribution is 2.17. The second kappa shape index (κ2) is 5.52. The Bertz CT molecular complexity index is 445. The van der Waals surface area contributed by atoms with E-state index < -0.39 is 0 Å². The van der Waals surface area contributed by atoms with E-state index in [4.69, 9.17) is 16.3 Å². The number of ether oxygens (including phenoxy) is 1. The summed E-state index contributed by atoms with van der Waals surface area (Å²) in [6.45, 7) is 0.643. The predicted octanol–water partition coefficient (Wildman–Crippen LogP) is 3.36. The summed E-state index contributed by atoms with van der Waals surface area (Å²) >= 11 is 5.85. The topological polar surface area (TPSA) is 22.1 Å². The van der Waals surface area contributed by atoms with E-state index in [9.17, 15) is 0 Å². The van der Waals surface area contributed by atoms with Crippen LogP contribution in [0.3, 0.4) is 0 Å². The number of pyridine rings is 1. The van der Waals surface area contributed by atoms with E-state index >= 15 is 0 Å². The van der Waals surface area contributed by atoms with E-state index in [0.717, 1.165) is 12.2 Å². The molecule has 0 saturated heterocycles. The molecule has 0 N–H and O–H groups in total. The van der Waals surface area contributed by atoms with Crippen molar-refractivity contribution in [2.45, 2.75) is 6.42 Å². The first-order valence-corrected chi connectivity index (χ1v) is 5.50. The van der Waals surface area contributed by atoms with Crippen LogP contribution in [0.25, 0.3) is 0 Å². The summed E-state index contributed by atoms with van der Waals surface area (Å²) in [5.41, 5.74) is 1.22. The Morgan fingerprint density at radius 1 is 1.12 bits per heavy atom. The Morgan fingerprint density at radius 3 is 2.69 bits per heavy atom. The van der Waals surface area contributed by atoms with Crippen molar-refractivity contribution in [3.05, 3.63) is 59.4 Å². The Labute approximate surface area is 99.9 Å². The maximum Gasteiger partial charge on any atom is 0.120 e. The van der Waals surface area contributed by atoms with E-state index in [1.807, 2.05) is 36.4 Å². The van der Waals surface area contributed by atoms with Gasteiger partial charge in [0.2, 0.25) is 0 Å². The third-order valence-corrected chi connectivity index (χ3v) is 2.44. The van der Waals surface area contributed by atoms with Crippen LogP contribution >= 0.6 is 11.6 Å². The third-order valence-electron chi connectivity index (χ3n) is 2.20. The number of hydrogen-bond donors (Lipinski definition) is 0. The van der Waals surface area contributed by atoms with E-state index in [1.165, 1.54) is 5.56 Å². The normalized spacial score (nSPS) is 10.1. The van der Waals surface area contributed by atoms with Crippen molar-refractivity contribution >= 4 is 11.6 Å². The smallest absolute Gasteiger partial charge is 0.120 e. The largest absolute Gasteiger partial charge is 0.493 e. The monoisotopic (exact) mass is 233 g/mol. The second-order valence-corrected chi connectivity index (χ2v) is 3.85. The standard InChI is InChI=1S/C13H12ClNO/c14-12-2-1-3-13(10-12)16-9-6-11-4-7-15-8-5-11/h1-5,7-8,10H,6,9H2. The van der Waals surface area contributed by atoms with Gasteiger partial charge in [0.15, 0.2) is 0 Å². The first-order chi connectivity index (χ1) is 7.84. The van der Waals surface area contributed by atoms with Gasteiger partial charge in [-0.05, 0) is 35.9 Å². The lowest BCUT2D eigenvalue weighted by Gasteiger charge is -2.06. The fraction of sp³-hybridized carbons (Fsp3) is 0.154. The van der Waals surface area contributed by atoms with Crippen molar-refractivity contribution in [1.29, 1.82) is 0 Å². The van der Waals surface area contributed by atoms with Crippen LogP contribution in [0.2, 0.25) is 5.02 Å². The van der Waals surface area contributed by atoms with Gasteiger partial charge in [0.05, 0.1) is 6.61 Å². The summed E-state index contributed by atoms with van der Waals surface area (Å²) in [4.78, 5) is 3.96. The summed E-state index contributed by atoms with van der Waals surface area (Å²) < 4.78 is 5.59. The predicted molar refractivity (Wildman–Crippen MR) is 64.9 cm³/mol. The minimum absolute atomic E-state index is 0.643. The molecule has 82 valence electrons. The summed E-state index contributed by atoms with van der Waals surface area (Å²) in [5.74, 6) is 0.807. The first kappa shape index (κ1) is 11.0. The second-order valence-electron chi connectivity index (χ2n) is 3.41. The molecule has 0 fully saturated rings. The average molecular weight is 234 g/mol. The molecule has 0 radical (unpaired) electrons. The number of halogens is 1. The van der Waals surface area contributed by atoms with Gasteiger partial charge >= 0.3 is 0 Å². The quantitative estimate of drug-likeness (QED) is 0.808.